The van der Waals surface area contributed by atoms with Gasteiger partial charge >= 0.3 is 0 Å². The number of aliphatic hydroxyl groups is 1. The Labute approximate surface area is 110 Å². The Morgan fingerprint density at radius 3 is 2.53 bits per heavy atom. The number of carbonyl (C=O) groups is 2. The predicted octanol–water partition coefficient (Wildman–Crippen LogP) is -0.618. The molecular formula is C13H16N2O4. The fourth-order valence-corrected chi connectivity index (χ4v) is 2.22. The fourth-order valence-electron chi connectivity index (χ4n) is 2.22. The molecule has 0 radical (unpaired) electrons. The highest BCUT2D eigenvalue weighted by molar-refractivity contribution is 5.90. The zero-order valence-corrected chi connectivity index (χ0v) is 10.3. The number of phenolic OH excluding ortho intramolecular Hbond substituents is 1. The van der Waals surface area contributed by atoms with E-state index >= 15 is 0 Å². The van der Waals surface area contributed by atoms with Gasteiger partial charge in [-0.3, -0.25) is 9.59 Å². The summed E-state index contributed by atoms with van der Waals surface area (Å²) in [6, 6.07) is 5.58. The van der Waals surface area contributed by atoms with Crippen molar-refractivity contribution in [1.82, 2.24) is 4.90 Å². The van der Waals surface area contributed by atoms with E-state index in [4.69, 9.17) is 5.73 Å². The SMILES string of the molecule is NC(=O)C(Cc1ccc(O)cc1)N1CCC(O)C1=O. The molecule has 4 N–H and O–H groups in total. The van der Waals surface area contributed by atoms with Crippen LogP contribution in [0.5, 0.6) is 5.75 Å². The van der Waals surface area contributed by atoms with Crippen LogP contribution < -0.4 is 5.73 Å². The number of rotatable bonds is 4. The van der Waals surface area contributed by atoms with Crippen molar-refractivity contribution in [2.75, 3.05) is 6.54 Å². The van der Waals surface area contributed by atoms with Gasteiger partial charge in [0.1, 0.15) is 17.9 Å². The van der Waals surface area contributed by atoms with E-state index in [2.05, 4.69) is 0 Å². The maximum atomic E-state index is 11.7. The molecule has 1 saturated heterocycles. The average Bonchev–Trinajstić information content (AvgIpc) is 2.69. The zero-order chi connectivity index (χ0) is 14.0. The van der Waals surface area contributed by atoms with Gasteiger partial charge < -0.3 is 20.8 Å². The highest BCUT2D eigenvalue weighted by Gasteiger charge is 2.37. The van der Waals surface area contributed by atoms with Gasteiger partial charge in [0.25, 0.3) is 5.91 Å². The second-order valence-electron chi connectivity index (χ2n) is 4.62. The standard InChI is InChI=1S/C13H16N2O4/c14-12(18)10(15-6-5-11(17)13(15)19)7-8-1-3-9(16)4-2-8/h1-4,10-11,16-17H,5-7H2,(H2,14,18). The molecule has 6 nitrogen and oxygen atoms in total. The molecule has 0 aliphatic carbocycles. The van der Waals surface area contributed by atoms with Crippen LogP contribution in [0.25, 0.3) is 0 Å². The number of carbonyl (C=O) groups excluding carboxylic acids is 2. The molecule has 1 aromatic rings. The number of hydrogen-bond donors (Lipinski definition) is 3. The molecule has 1 aromatic carbocycles. The first-order valence-electron chi connectivity index (χ1n) is 6.05. The van der Waals surface area contributed by atoms with E-state index in [1.54, 1.807) is 12.1 Å². The molecule has 2 amide bonds. The summed E-state index contributed by atoms with van der Waals surface area (Å²) in [5.41, 5.74) is 6.13. The Bertz CT molecular complexity index is 486. The highest BCUT2D eigenvalue weighted by Crippen LogP contribution is 2.19. The van der Waals surface area contributed by atoms with Crippen molar-refractivity contribution < 1.29 is 19.8 Å². The first kappa shape index (κ1) is 13.4. The van der Waals surface area contributed by atoms with Gasteiger partial charge in [-0.15, -0.1) is 0 Å². The van der Waals surface area contributed by atoms with Crippen LogP contribution >= 0.6 is 0 Å². The van der Waals surface area contributed by atoms with E-state index in [1.165, 1.54) is 17.0 Å². The number of nitrogens with zero attached hydrogens (tertiary/aromatic N) is 1. The molecule has 1 aliphatic heterocycles. The smallest absolute Gasteiger partial charge is 0.252 e. The molecule has 1 fully saturated rings. The van der Waals surface area contributed by atoms with Crippen LogP contribution in [0.4, 0.5) is 0 Å². The van der Waals surface area contributed by atoms with Crippen LogP contribution in [-0.2, 0) is 16.0 Å². The number of benzene rings is 1. The molecule has 1 aliphatic rings. The molecule has 2 unspecified atom stereocenters. The summed E-state index contributed by atoms with van der Waals surface area (Å²) in [7, 11) is 0. The lowest BCUT2D eigenvalue weighted by Gasteiger charge is -2.25. The normalized spacial score (nSPS) is 20.6. The predicted molar refractivity (Wildman–Crippen MR) is 67.1 cm³/mol. The first-order chi connectivity index (χ1) is 8.99. The Balaban J connectivity index is 2.15. The van der Waals surface area contributed by atoms with Crippen LogP contribution in [0.2, 0.25) is 0 Å². The highest BCUT2D eigenvalue weighted by atomic mass is 16.3. The van der Waals surface area contributed by atoms with Gasteiger partial charge in [-0.05, 0) is 24.1 Å². The molecule has 102 valence electrons. The van der Waals surface area contributed by atoms with Gasteiger partial charge in [0.2, 0.25) is 5.91 Å². The minimum atomic E-state index is -1.04. The number of phenols is 1. The lowest BCUT2D eigenvalue weighted by atomic mass is 10.0. The zero-order valence-electron chi connectivity index (χ0n) is 10.3. The van der Waals surface area contributed by atoms with Gasteiger partial charge in [-0.2, -0.15) is 0 Å². The van der Waals surface area contributed by atoms with E-state index in [1.807, 2.05) is 0 Å². The minimum Gasteiger partial charge on any atom is -0.508 e. The molecule has 0 bridgehead atoms. The van der Waals surface area contributed by atoms with E-state index in [0.29, 0.717) is 13.0 Å². The maximum absolute atomic E-state index is 11.7. The average molecular weight is 264 g/mol. The van der Waals surface area contributed by atoms with E-state index < -0.39 is 24.0 Å². The van der Waals surface area contributed by atoms with Gasteiger partial charge in [0, 0.05) is 13.0 Å². The molecule has 0 saturated carbocycles. The third-order valence-corrected chi connectivity index (χ3v) is 3.28. The van der Waals surface area contributed by atoms with Crippen LogP contribution in [0, 0.1) is 0 Å². The quantitative estimate of drug-likeness (QED) is 0.674. The lowest BCUT2D eigenvalue weighted by molar-refractivity contribution is -0.140. The molecule has 1 heterocycles. The summed E-state index contributed by atoms with van der Waals surface area (Å²) in [6.45, 7) is 0.325. The molecular weight excluding hydrogens is 248 g/mol. The number of aromatic hydroxyl groups is 1. The second-order valence-corrected chi connectivity index (χ2v) is 4.62. The number of amides is 2. The van der Waals surface area contributed by atoms with Crippen molar-refractivity contribution in [3.05, 3.63) is 29.8 Å². The third kappa shape index (κ3) is 2.85. The number of aliphatic hydroxyl groups excluding tert-OH is 1. The van der Waals surface area contributed by atoms with Crippen LogP contribution in [-0.4, -0.2) is 45.6 Å². The molecule has 2 rings (SSSR count). The number of nitrogens with two attached hydrogens (primary N) is 1. The van der Waals surface area contributed by atoms with E-state index in [9.17, 15) is 19.8 Å². The Hall–Kier alpha value is -2.08. The number of hydrogen-bond acceptors (Lipinski definition) is 4. The number of primary amides is 1. The fraction of sp³-hybridized carbons (Fsp3) is 0.385. The van der Waals surface area contributed by atoms with Gasteiger partial charge in [-0.25, -0.2) is 0 Å². The molecule has 2 atom stereocenters. The molecule has 6 heteroatoms. The molecule has 0 spiro atoms. The third-order valence-electron chi connectivity index (χ3n) is 3.28. The Kier molecular flexibility index (Phi) is 3.71. The van der Waals surface area contributed by atoms with E-state index in [-0.39, 0.29) is 12.2 Å². The van der Waals surface area contributed by atoms with Crippen molar-refractivity contribution in [2.45, 2.75) is 25.0 Å². The van der Waals surface area contributed by atoms with Crippen LogP contribution in [0.3, 0.4) is 0 Å². The molecule has 0 aromatic heterocycles. The minimum absolute atomic E-state index is 0.132. The van der Waals surface area contributed by atoms with Crippen molar-refractivity contribution in [2.24, 2.45) is 5.73 Å². The summed E-state index contributed by atoms with van der Waals surface area (Å²) < 4.78 is 0. The summed E-state index contributed by atoms with van der Waals surface area (Å²) in [4.78, 5) is 24.6. The topological polar surface area (TPSA) is 104 Å². The molecule has 19 heavy (non-hydrogen) atoms. The van der Waals surface area contributed by atoms with Gasteiger partial charge in [0.05, 0.1) is 0 Å². The number of likely N-dealkylation sites (tertiary alicyclic amines) is 1. The van der Waals surface area contributed by atoms with Crippen molar-refractivity contribution in [3.8, 4) is 5.75 Å². The Morgan fingerprint density at radius 2 is 2.05 bits per heavy atom. The summed E-state index contributed by atoms with van der Waals surface area (Å²) in [6.07, 6.45) is -0.451. The monoisotopic (exact) mass is 264 g/mol. The first-order valence-corrected chi connectivity index (χ1v) is 6.05. The largest absolute Gasteiger partial charge is 0.508 e. The van der Waals surface area contributed by atoms with Crippen molar-refractivity contribution >= 4 is 11.8 Å². The van der Waals surface area contributed by atoms with Crippen LogP contribution in [0.1, 0.15) is 12.0 Å². The lowest BCUT2D eigenvalue weighted by Crippen LogP contribution is -2.48. The van der Waals surface area contributed by atoms with Gasteiger partial charge in [-0.1, -0.05) is 12.1 Å². The van der Waals surface area contributed by atoms with Crippen LogP contribution in [0.15, 0.2) is 24.3 Å². The van der Waals surface area contributed by atoms with Gasteiger partial charge in [0.15, 0.2) is 0 Å². The van der Waals surface area contributed by atoms with Crippen molar-refractivity contribution in [1.29, 1.82) is 0 Å². The van der Waals surface area contributed by atoms with E-state index in [0.717, 1.165) is 5.56 Å². The summed E-state index contributed by atoms with van der Waals surface area (Å²) in [5, 5.41) is 18.6. The summed E-state index contributed by atoms with van der Waals surface area (Å²) >= 11 is 0. The second kappa shape index (κ2) is 5.27. The Morgan fingerprint density at radius 1 is 1.42 bits per heavy atom. The maximum Gasteiger partial charge on any atom is 0.252 e. The summed E-state index contributed by atoms with van der Waals surface area (Å²) in [5.74, 6) is -0.926. The van der Waals surface area contributed by atoms with Crippen molar-refractivity contribution in [3.63, 3.8) is 0 Å².